The van der Waals surface area contributed by atoms with Crippen LogP contribution >= 0.6 is 15.9 Å². The highest BCUT2D eigenvalue weighted by molar-refractivity contribution is 9.10. The lowest BCUT2D eigenvalue weighted by Crippen LogP contribution is -2.23. The van der Waals surface area contributed by atoms with Gasteiger partial charge in [-0.15, -0.1) is 0 Å². The molecule has 3 aromatic rings. The van der Waals surface area contributed by atoms with Gasteiger partial charge in [0.1, 0.15) is 11.6 Å². The summed E-state index contributed by atoms with van der Waals surface area (Å²) in [5.74, 6) is 0.829. The summed E-state index contributed by atoms with van der Waals surface area (Å²) in [6.45, 7) is 0. The molecule has 1 fully saturated rings. The topological polar surface area (TPSA) is 62.7 Å². The zero-order chi connectivity index (χ0) is 19.3. The predicted octanol–water partition coefficient (Wildman–Crippen LogP) is 5.93. The summed E-state index contributed by atoms with van der Waals surface area (Å²) >= 11 is 3.18. The SMILES string of the molecule is Fc1cc(Nc2cc(-c3ccccn3)nc(NC3CCCCC3)n2)ccc1Br. The van der Waals surface area contributed by atoms with Gasteiger partial charge in [-0.3, -0.25) is 4.98 Å². The monoisotopic (exact) mass is 441 g/mol. The number of nitrogens with zero attached hydrogens (tertiary/aromatic N) is 3. The molecule has 2 aromatic heterocycles. The molecule has 1 aliphatic carbocycles. The highest BCUT2D eigenvalue weighted by Crippen LogP contribution is 2.26. The van der Waals surface area contributed by atoms with Crippen LogP contribution in [-0.4, -0.2) is 21.0 Å². The Bertz CT molecular complexity index is 945. The van der Waals surface area contributed by atoms with Gasteiger partial charge in [0.25, 0.3) is 0 Å². The highest BCUT2D eigenvalue weighted by atomic mass is 79.9. The van der Waals surface area contributed by atoms with Gasteiger partial charge in [-0.25, -0.2) is 9.37 Å². The molecule has 0 unspecified atom stereocenters. The van der Waals surface area contributed by atoms with Crippen LogP contribution in [-0.2, 0) is 0 Å². The number of benzene rings is 1. The van der Waals surface area contributed by atoms with E-state index in [2.05, 4.69) is 41.5 Å². The van der Waals surface area contributed by atoms with Crippen LogP contribution in [0.5, 0.6) is 0 Å². The minimum absolute atomic E-state index is 0.329. The Balaban J connectivity index is 1.65. The van der Waals surface area contributed by atoms with Crippen LogP contribution in [0.2, 0.25) is 0 Å². The Hall–Kier alpha value is -2.54. The largest absolute Gasteiger partial charge is 0.351 e. The fourth-order valence-corrected chi connectivity index (χ4v) is 3.62. The highest BCUT2D eigenvalue weighted by Gasteiger charge is 2.16. The van der Waals surface area contributed by atoms with E-state index in [1.54, 1.807) is 18.3 Å². The van der Waals surface area contributed by atoms with Gasteiger partial charge in [0.05, 0.1) is 15.9 Å². The number of anilines is 3. The molecule has 1 aromatic carbocycles. The fraction of sp³-hybridized carbons (Fsp3) is 0.286. The van der Waals surface area contributed by atoms with E-state index in [0.717, 1.165) is 18.5 Å². The maximum atomic E-state index is 13.9. The Labute approximate surface area is 172 Å². The third kappa shape index (κ3) is 4.65. The number of rotatable bonds is 5. The van der Waals surface area contributed by atoms with Crippen molar-refractivity contribution in [2.24, 2.45) is 0 Å². The van der Waals surface area contributed by atoms with Gasteiger partial charge in [0.2, 0.25) is 5.95 Å². The molecule has 7 heteroatoms. The van der Waals surface area contributed by atoms with E-state index in [9.17, 15) is 4.39 Å². The van der Waals surface area contributed by atoms with E-state index in [4.69, 9.17) is 0 Å². The van der Waals surface area contributed by atoms with Crippen molar-refractivity contribution in [1.29, 1.82) is 0 Å². The first kappa shape index (κ1) is 18.8. The van der Waals surface area contributed by atoms with Crippen molar-refractivity contribution in [1.82, 2.24) is 15.0 Å². The molecule has 144 valence electrons. The van der Waals surface area contributed by atoms with E-state index >= 15 is 0 Å². The number of hydrogen-bond acceptors (Lipinski definition) is 5. The Morgan fingerprint density at radius 3 is 2.57 bits per heavy atom. The molecule has 2 heterocycles. The van der Waals surface area contributed by atoms with Crippen LogP contribution in [0.1, 0.15) is 32.1 Å². The van der Waals surface area contributed by atoms with E-state index in [0.29, 0.717) is 33.7 Å². The maximum absolute atomic E-state index is 13.9. The third-order valence-corrected chi connectivity index (χ3v) is 5.43. The molecule has 4 rings (SSSR count). The van der Waals surface area contributed by atoms with Gasteiger partial charge in [-0.05, 0) is 59.1 Å². The van der Waals surface area contributed by atoms with Crippen LogP contribution in [0.4, 0.5) is 21.8 Å². The standard InChI is InChI=1S/C21H21BrFN5/c22-16-10-9-15(12-17(16)23)25-20-13-19(18-8-4-5-11-24-18)27-21(28-20)26-14-6-2-1-3-7-14/h4-5,8-14H,1-3,6-7H2,(H2,25,26,27,28). The lowest BCUT2D eigenvalue weighted by atomic mass is 9.96. The van der Waals surface area contributed by atoms with E-state index < -0.39 is 0 Å². The average molecular weight is 442 g/mol. The van der Waals surface area contributed by atoms with Crippen molar-refractivity contribution < 1.29 is 4.39 Å². The molecular weight excluding hydrogens is 421 g/mol. The van der Waals surface area contributed by atoms with Crippen molar-refractivity contribution in [2.45, 2.75) is 38.1 Å². The van der Waals surface area contributed by atoms with Gasteiger partial charge >= 0.3 is 0 Å². The van der Waals surface area contributed by atoms with E-state index in [-0.39, 0.29) is 5.82 Å². The molecule has 0 aliphatic heterocycles. The summed E-state index contributed by atoms with van der Waals surface area (Å²) < 4.78 is 14.3. The van der Waals surface area contributed by atoms with Gasteiger partial charge in [-0.1, -0.05) is 25.3 Å². The predicted molar refractivity (Wildman–Crippen MR) is 113 cm³/mol. The summed E-state index contributed by atoms with van der Waals surface area (Å²) in [6, 6.07) is 12.8. The van der Waals surface area contributed by atoms with E-state index in [1.165, 1.54) is 25.3 Å². The van der Waals surface area contributed by atoms with Crippen LogP contribution < -0.4 is 10.6 Å². The molecule has 0 radical (unpaired) electrons. The van der Waals surface area contributed by atoms with Crippen LogP contribution in [0.15, 0.2) is 53.1 Å². The molecule has 1 aliphatic rings. The quantitative estimate of drug-likeness (QED) is 0.513. The normalized spacial score (nSPS) is 14.6. The molecule has 1 saturated carbocycles. The minimum Gasteiger partial charge on any atom is -0.351 e. The third-order valence-electron chi connectivity index (χ3n) is 4.78. The van der Waals surface area contributed by atoms with Gasteiger partial charge in [-0.2, -0.15) is 4.98 Å². The van der Waals surface area contributed by atoms with Crippen molar-refractivity contribution in [2.75, 3.05) is 10.6 Å². The lowest BCUT2D eigenvalue weighted by Gasteiger charge is -2.23. The molecule has 28 heavy (non-hydrogen) atoms. The molecule has 0 amide bonds. The van der Waals surface area contributed by atoms with Crippen LogP contribution in [0.3, 0.4) is 0 Å². The second-order valence-corrected chi connectivity index (χ2v) is 7.76. The smallest absolute Gasteiger partial charge is 0.225 e. The molecule has 5 nitrogen and oxygen atoms in total. The number of aromatic nitrogens is 3. The van der Waals surface area contributed by atoms with E-state index in [1.807, 2.05) is 24.3 Å². The van der Waals surface area contributed by atoms with Gasteiger partial charge in [0, 0.05) is 24.0 Å². The van der Waals surface area contributed by atoms with Crippen LogP contribution in [0.25, 0.3) is 11.4 Å². The summed E-state index contributed by atoms with van der Waals surface area (Å²) in [6.07, 6.45) is 7.72. The van der Waals surface area contributed by atoms with Crippen molar-refractivity contribution in [3.05, 3.63) is 59.0 Å². The Morgan fingerprint density at radius 2 is 1.82 bits per heavy atom. The fourth-order valence-electron chi connectivity index (χ4n) is 3.37. The first-order chi connectivity index (χ1) is 13.7. The molecule has 0 atom stereocenters. The van der Waals surface area contributed by atoms with Crippen molar-refractivity contribution in [3.8, 4) is 11.4 Å². The lowest BCUT2D eigenvalue weighted by molar-refractivity contribution is 0.461. The summed E-state index contributed by atoms with van der Waals surface area (Å²) in [5.41, 5.74) is 2.10. The number of nitrogens with one attached hydrogen (secondary N) is 2. The Morgan fingerprint density at radius 1 is 0.964 bits per heavy atom. The molecule has 2 N–H and O–H groups in total. The summed E-state index contributed by atoms with van der Waals surface area (Å²) in [5, 5.41) is 6.65. The maximum Gasteiger partial charge on any atom is 0.225 e. The van der Waals surface area contributed by atoms with Gasteiger partial charge < -0.3 is 10.6 Å². The van der Waals surface area contributed by atoms with Crippen molar-refractivity contribution >= 4 is 33.4 Å². The minimum atomic E-state index is -0.329. The molecule has 0 bridgehead atoms. The number of halogens is 2. The zero-order valence-corrected chi connectivity index (χ0v) is 16.9. The summed E-state index contributed by atoms with van der Waals surface area (Å²) in [7, 11) is 0. The second kappa shape index (κ2) is 8.65. The Kier molecular flexibility index (Phi) is 5.81. The first-order valence-electron chi connectivity index (χ1n) is 9.46. The van der Waals surface area contributed by atoms with Crippen molar-refractivity contribution in [3.63, 3.8) is 0 Å². The number of hydrogen-bond donors (Lipinski definition) is 2. The average Bonchev–Trinajstić information content (AvgIpc) is 2.72. The van der Waals surface area contributed by atoms with Gasteiger partial charge in [0.15, 0.2) is 0 Å². The van der Waals surface area contributed by atoms with Crippen LogP contribution in [0, 0.1) is 5.82 Å². The molecule has 0 saturated heterocycles. The zero-order valence-electron chi connectivity index (χ0n) is 15.3. The first-order valence-corrected chi connectivity index (χ1v) is 10.3. The number of pyridine rings is 1. The molecule has 0 spiro atoms. The second-order valence-electron chi connectivity index (χ2n) is 6.91. The summed E-state index contributed by atoms with van der Waals surface area (Å²) in [4.78, 5) is 13.7. The molecular formula is C21H21BrFN5.